The molecule has 1 N–H and O–H groups in total. The fraction of sp³-hybridized carbons (Fsp3) is 0.250. The third-order valence-electron chi connectivity index (χ3n) is 4.28. The summed E-state index contributed by atoms with van der Waals surface area (Å²) in [5, 5.41) is 4.20. The minimum atomic E-state index is -0.111. The predicted molar refractivity (Wildman–Crippen MR) is 95.6 cm³/mol. The van der Waals surface area contributed by atoms with Gasteiger partial charge in [-0.1, -0.05) is 49.7 Å². The molecule has 0 aliphatic heterocycles. The number of hydrogen-bond acceptors (Lipinski definition) is 1. The Kier molecular flexibility index (Phi) is 4.47. The summed E-state index contributed by atoms with van der Waals surface area (Å²) in [6.07, 6.45) is 3.84. The number of carbonyl (C=O) groups is 1. The summed E-state index contributed by atoms with van der Waals surface area (Å²) >= 11 is 0. The molecule has 3 heteroatoms. The quantitative estimate of drug-likeness (QED) is 0.728. The summed E-state index contributed by atoms with van der Waals surface area (Å²) in [6.45, 7) is 2.11. The van der Waals surface area contributed by atoms with E-state index in [4.69, 9.17) is 0 Å². The largest absolute Gasteiger partial charge is 0.350 e. The Morgan fingerprint density at radius 2 is 1.87 bits per heavy atom. The Hall–Kier alpha value is -2.55. The molecule has 118 valence electrons. The molecule has 1 heterocycles. The molecule has 0 aliphatic rings. The number of aromatic nitrogens is 1. The number of nitrogens with zero attached hydrogens (tertiary/aromatic N) is 1. The van der Waals surface area contributed by atoms with Gasteiger partial charge in [0.1, 0.15) is 0 Å². The van der Waals surface area contributed by atoms with Crippen LogP contribution in [0.25, 0.3) is 10.9 Å². The van der Waals surface area contributed by atoms with Crippen LogP contribution in [0.5, 0.6) is 0 Å². The van der Waals surface area contributed by atoms with Crippen molar-refractivity contribution in [3.05, 3.63) is 66.4 Å². The smallest absolute Gasteiger partial charge is 0.231 e. The van der Waals surface area contributed by atoms with Gasteiger partial charge in [0.15, 0.2) is 0 Å². The lowest BCUT2D eigenvalue weighted by Gasteiger charge is -2.17. The maximum atomic E-state index is 12.8. The maximum Gasteiger partial charge on any atom is 0.231 e. The Balaban J connectivity index is 1.89. The van der Waals surface area contributed by atoms with Crippen molar-refractivity contribution in [3.8, 4) is 0 Å². The zero-order chi connectivity index (χ0) is 16.2. The monoisotopic (exact) mass is 306 g/mol. The van der Waals surface area contributed by atoms with Crippen LogP contribution in [0.2, 0.25) is 0 Å². The van der Waals surface area contributed by atoms with Crippen LogP contribution in [0.3, 0.4) is 0 Å². The minimum Gasteiger partial charge on any atom is -0.350 e. The molecule has 0 fully saturated rings. The second-order valence-electron chi connectivity index (χ2n) is 5.91. The van der Waals surface area contributed by atoms with Gasteiger partial charge < -0.3 is 9.88 Å². The highest BCUT2D eigenvalue weighted by molar-refractivity contribution is 6.03. The molecule has 0 saturated carbocycles. The molecule has 0 bridgehead atoms. The molecule has 0 spiro atoms. The fourth-order valence-electron chi connectivity index (χ4n) is 3.05. The average molecular weight is 306 g/mol. The van der Waals surface area contributed by atoms with E-state index in [0.29, 0.717) is 0 Å². The number of fused-ring (bicyclic) bond motifs is 1. The first kappa shape index (κ1) is 15.3. The molecule has 3 rings (SSSR count). The molecular weight excluding hydrogens is 284 g/mol. The molecule has 0 saturated heterocycles. The second kappa shape index (κ2) is 6.69. The molecule has 2 aromatic carbocycles. The Labute approximate surface area is 136 Å². The fourth-order valence-corrected chi connectivity index (χ4v) is 3.05. The first-order valence-electron chi connectivity index (χ1n) is 8.10. The highest BCUT2D eigenvalue weighted by atomic mass is 16.1. The van der Waals surface area contributed by atoms with Gasteiger partial charge in [-0.15, -0.1) is 0 Å². The molecule has 1 aromatic heterocycles. The number of hydrogen-bond donors (Lipinski definition) is 1. The zero-order valence-electron chi connectivity index (χ0n) is 13.6. The summed E-state index contributed by atoms with van der Waals surface area (Å²) < 4.78 is 2.06. The van der Waals surface area contributed by atoms with Crippen LogP contribution < -0.4 is 5.32 Å². The van der Waals surface area contributed by atoms with Crippen LogP contribution in [0.1, 0.15) is 31.2 Å². The van der Waals surface area contributed by atoms with Crippen molar-refractivity contribution in [2.24, 2.45) is 7.05 Å². The van der Waals surface area contributed by atoms with Gasteiger partial charge in [0, 0.05) is 24.1 Å². The molecule has 23 heavy (non-hydrogen) atoms. The first-order valence-corrected chi connectivity index (χ1v) is 8.10. The van der Waals surface area contributed by atoms with Crippen molar-refractivity contribution >= 4 is 22.5 Å². The van der Waals surface area contributed by atoms with Crippen LogP contribution in [0, 0.1) is 0 Å². The molecule has 3 nitrogen and oxygen atoms in total. The van der Waals surface area contributed by atoms with Crippen LogP contribution in [0.15, 0.2) is 60.8 Å². The maximum absolute atomic E-state index is 12.8. The standard InChI is InChI=1S/C20H22N2O/c1-3-8-16(15-9-5-4-6-10-15)20(23)21-18-11-7-12-19-17(18)13-14-22(19)2/h4-7,9-14,16H,3,8H2,1-2H3,(H,21,23). The zero-order valence-corrected chi connectivity index (χ0v) is 13.6. The summed E-state index contributed by atoms with van der Waals surface area (Å²) in [5.41, 5.74) is 3.08. The Morgan fingerprint density at radius 3 is 2.61 bits per heavy atom. The number of amides is 1. The van der Waals surface area contributed by atoms with Crippen LogP contribution in [-0.4, -0.2) is 10.5 Å². The lowest BCUT2D eigenvalue weighted by atomic mass is 9.93. The van der Waals surface area contributed by atoms with Gasteiger partial charge in [-0.3, -0.25) is 4.79 Å². The van der Waals surface area contributed by atoms with Crippen molar-refractivity contribution in [1.82, 2.24) is 4.57 Å². The SMILES string of the molecule is CCCC(C(=O)Nc1cccc2c1ccn2C)c1ccccc1. The Morgan fingerprint density at radius 1 is 1.09 bits per heavy atom. The summed E-state index contributed by atoms with van der Waals surface area (Å²) in [7, 11) is 2.01. The number of nitrogens with one attached hydrogen (secondary N) is 1. The lowest BCUT2D eigenvalue weighted by molar-refractivity contribution is -0.117. The van der Waals surface area contributed by atoms with E-state index >= 15 is 0 Å². The first-order chi connectivity index (χ1) is 11.2. The summed E-state index contributed by atoms with van der Waals surface area (Å²) in [6, 6.07) is 18.1. The van der Waals surface area contributed by atoms with E-state index < -0.39 is 0 Å². The van der Waals surface area contributed by atoms with E-state index in [2.05, 4.69) is 22.9 Å². The molecule has 3 aromatic rings. The van der Waals surface area contributed by atoms with E-state index in [0.717, 1.165) is 35.0 Å². The van der Waals surface area contributed by atoms with Gasteiger partial charge >= 0.3 is 0 Å². The van der Waals surface area contributed by atoms with E-state index in [9.17, 15) is 4.79 Å². The van der Waals surface area contributed by atoms with Crippen LogP contribution in [-0.2, 0) is 11.8 Å². The summed E-state index contributed by atoms with van der Waals surface area (Å²) in [4.78, 5) is 12.8. The number of benzene rings is 2. The normalized spacial score (nSPS) is 12.3. The predicted octanol–water partition coefficient (Wildman–Crippen LogP) is 4.70. The average Bonchev–Trinajstić information content (AvgIpc) is 2.96. The van der Waals surface area contributed by atoms with E-state index in [1.54, 1.807) is 0 Å². The van der Waals surface area contributed by atoms with Crippen LogP contribution in [0.4, 0.5) is 5.69 Å². The van der Waals surface area contributed by atoms with Gasteiger partial charge in [0.2, 0.25) is 5.91 Å². The van der Waals surface area contributed by atoms with E-state index in [-0.39, 0.29) is 11.8 Å². The molecule has 1 unspecified atom stereocenters. The molecule has 0 radical (unpaired) electrons. The molecular formula is C20H22N2O. The highest BCUT2D eigenvalue weighted by Crippen LogP contribution is 2.27. The van der Waals surface area contributed by atoms with Crippen molar-refractivity contribution in [3.63, 3.8) is 0 Å². The molecule has 1 amide bonds. The number of aryl methyl sites for hydroxylation is 1. The van der Waals surface area contributed by atoms with Crippen molar-refractivity contribution < 1.29 is 4.79 Å². The second-order valence-corrected chi connectivity index (χ2v) is 5.91. The number of anilines is 1. The van der Waals surface area contributed by atoms with Crippen LogP contribution >= 0.6 is 0 Å². The summed E-state index contributed by atoms with van der Waals surface area (Å²) in [5.74, 6) is -0.0467. The third-order valence-corrected chi connectivity index (χ3v) is 4.28. The molecule has 1 atom stereocenters. The Bertz CT molecular complexity index is 805. The van der Waals surface area contributed by atoms with Gasteiger partial charge in [-0.25, -0.2) is 0 Å². The number of carbonyl (C=O) groups excluding carboxylic acids is 1. The van der Waals surface area contributed by atoms with Gasteiger partial charge in [0.05, 0.1) is 11.6 Å². The number of rotatable bonds is 5. The van der Waals surface area contributed by atoms with Gasteiger partial charge in [-0.2, -0.15) is 0 Å². The van der Waals surface area contributed by atoms with Crippen molar-refractivity contribution in [2.45, 2.75) is 25.7 Å². The van der Waals surface area contributed by atoms with Gasteiger partial charge in [-0.05, 0) is 30.2 Å². The van der Waals surface area contributed by atoms with E-state index in [1.807, 2.05) is 61.8 Å². The molecule has 0 aliphatic carbocycles. The van der Waals surface area contributed by atoms with Crippen molar-refractivity contribution in [2.75, 3.05) is 5.32 Å². The van der Waals surface area contributed by atoms with Crippen molar-refractivity contribution in [1.29, 1.82) is 0 Å². The third kappa shape index (κ3) is 3.14. The topological polar surface area (TPSA) is 34.0 Å². The minimum absolute atomic E-state index is 0.0643. The highest BCUT2D eigenvalue weighted by Gasteiger charge is 2.20. The lowest BCUT2D eigenvalue weighted by Crippen LogP contribution is -2.21. The van der Waals surface area contributed by atoms with E-state index in [1.165, 1.54) is 0 Å². The van der Waals surface area contributed by atoms with Gasteiger partial charge in [0.25, 0.3) is 0 Å².